The zero-order chi connectivity index (χ0) is 14.8. The second-order valence-corrected chi connectivity index (χ2v) is 5.32. The topological polar surface area (TPSA) is 65.2 Å². The van der Waals surface area contributed by atoms with Gasteiger partial charge in [0.05, 0.1) is 18.8 Å². The Kier molecular flexibility index (Phi) is 3.74. The van der Waals surface area contributed by atoms with E-state index in [1.165, 1.54) is 0 Å². The molecule has 2 aromatic rings. The van der Waals surface area contributed by atoms with E-state index in [1.807, 2.05) is 45.7 Å². The summed E-state index contributed by atoms with van der Waals surface area (Å²) in [6, 6.07) is 3.92. The first-order chi connectivity index (χ1) is 10.2. The van der Waals surface area contributed by atoms with Gasteiger partial charge in [-0.2, -0.15) is 0 Å². The molecular weight excluding hydrogens is 270 g/mol. The molecule has 1 aliphatic heterocycles. The maximum absolute atomic E-state index is 12.5. The predicted molar refractivity (Wildman–Crippen MR) is 75.7 cm³/mol. The molecule has 3 heterocycles. The summed E-state index contributed by atoms with van der Waals surface area (Å²) in [7, 11) is 3.52. The van der Waals surface area contributed by atoms with Crippen molar-refractivity contribution in [1.29, 1.82) is 0 Å². The number of rotatable bonds is 4. The van der Waals surface area contributed by atoms with Crippen LogP contribution in [0.25, 0.3) is 0 Å². The third-order valence-electron chi connectivity index (χ3n) is 3.84. The number of likely N-dealkylation sites (tertiary alicyclic amines) is 1. The van der Waals surface area contributed by atoms with Gasteiger partial charge < -0.3 is 14.2 Å². The third-order valence-corrected chi connectivity index (χ3v) is 3.84. The van der Waals surface area contributed by atoms with Crippen LogP contribution in [0.2, 0.25) is 0 Å². The van der Waals surface area contributed by atoms with Crippen molar-refractivity contribution in [2.45, 2.75) is 19.1 Å². The van der Waals surface area contributed by atoms with E-state index in [-0.39, 0.29) is 11.9 Å². The minimum Gasteiger partial charge on any atom is -0.378 e. The Bertz CT molecular complexity index is 633. The lowest BCUT2D eigenvalue weighted by Gasteiger charge is -2.16. The summed E-state index contributed by atoms with van der Waals surface area (Å²) < 4.78 is 8.73. The fraction of sp³-hybridized carbons (Fsp3) is 0.500. The fourth-order valence-corrected chi connectivity index (χ4v) is 2.69. The van der Waals surface area contributed by atoms with Crippen molar-refractivity contribution < 1.29 is 9.53 Å². The van der Waals surface area contributed by atoms with Gasteiger partial charge >= 0.3 is 0 Å². The van der Waals surface area contributed by atoms with Crippen LogP contribution in [0.5, 0.6) is 0 Å². The van der Waals surface area contributed by atoms with Crippen molar-refractivity contribution in [3.63, 3.8) is 0 Å². The first-order valence-electron chi connectivity index (χ1n) is 6.99. The van der Waals surface area contributed by atoms with Crippen molar-refractivity contribution in [3.05, 3.63) is 35.9 Å². The summed E-state index contributed by atoms with van der Waals surface area (Å²) in [4.78, 5) is 14.3. The molecule has 1 atom stereocenters. The lowest BCUT2D eigenvalue weighted by atomic mass is 10.3. The first-order valence-corrected chi connectivity index (χ1v) is 6.99. The SMILES string of the molecule is COCc1cn(C2CCN(C(=O)c3cccn3C)C2)nn1. The molecule has 0 bridgehead atoms. The highest BCUT2D eigenvalue weighted by Gasteiger charge is 2.29. The van der Waals surface area contributed by atoms with Gasteiger partial charge in [-0.1, -0.05) is 5.21 Å². The van der Waals surface area contributed by atoms with Crippen LogP contribution in [0.3, 0.4) is 0 Å². The number of hydrogen-bond acceptors (Lipinski definition) is 4. The molecule has 1 saturated heterocycles. The monoisotopic (exact) mass is 289 g/mol. The Balaban J connectivity index is 1.67. The lowest BCUT2D eigenvalue weighted by molar-refractivity contribution is 0.0777. The fourth-order valence-electron chi connectivity index (χ4n) is 2.69. The molecule has 0 spiro atoms. The zero-order valence-corrected chi connectivity index (χ0v) is 12.3. The number of aromatic nitrogens is 4. The van der Waals surface area contributed by atoms with Gasteiger partial charge in [-0.3, -0.25) is 4.79 Å². The van der Waals surface area contributed by atoms with Crippen molar-refractivity contribution in [3.8, 4) is 0 Å². The van der Waals surface area contributed by atoms with Gasteiger partial charge in [-0.15, -0.1) is 5.10 Å². The average Bonchev–Trinajstić information content (AvgIpc) is 3.17. The number of amides is 1. The number of methoxy groups -OCH3 is 1. The van der Waals surface area contributed by atoms with Crippen LogP contribution in [0.1, 0.15) is 28.6 Å². The highest BCUT2D eigenvalue weighted by Crippen LogP contribution is 2.22. The van der Waals surface area contributed by atoms with E-state index >= 15 is 0 Å². The van der Waals surface area contributed by atoms with Crippen LogP contribution >= 0.6 is 0 Å². The van der Waals surface area contributed by atoms with Gasteiger partial charge in [-0.05, 0) is 18.6 Å². The predicted octanol–water partition coefficient (Wildman–Crippen LogP) is 0.850. The molecule has 3 rings (SSSR count). The maximum atomic E-state index is 12.5. The summed E-state index contributed by atoms with van der Waals surface area (Å²) in [5.41, 5.74) is 1.53. The molecule has 1 fully saturated rings. The second kappa shape index (κ2) is 5.69. The molecule has 0 N–H and O–H groups in total. The van der Waals surface area contributed by atoms with E-state index in [9.17, 15) is 4.79 Å². The van der Waals surface area contributed by atoms with Gasteiger partial charge in [0.15, 0.2) is 0 Å². The van der Waals surface area contributed by atoms with E-state index in [4.69, 9.17) is 4.74 Å². The van der Waals surface area contributed by atoms with Gasteiger partial charge in [0.1, 0.15) is 11.4 Å². The van der Waals surface area contributed by atoms with Crippen LogP contribution < -0.4 is 0 Å². The van der Waals surface area contributed by atoms with E-state index in [1.54, 1.807) is 7.11 Å². The van der Waals surface area contributed by atoms with Crippen LogP contribution in [-0.2, 0) is 18.4 Å². The summed E-state index contributed by atoms with van der Waals surface area (Å²) in [6.07, 6.45) is 4.67. The highest BCUT2D eigenvalue weighted by molar-refractivity contribution is 5.92. The minimum absolute atomic E-state index is 0.0715. The van der Waals surface area contributed by atoms with Gasteiger partial charge in [-0.25, -0.2) is 4.68 Å². The number of carbonyl (C=O) groups is 1. The Labute approximate surface area is 123 Å². The number of aryl methyl sites for hydroxylation is 1. The molecule has 0 aromatic carbocycles. The van der Waals surface area contributed by atoms with Gasteiger partial charge in [0, 0.05) is 33.4 Å². The van der Waals surface area contributed by atoms with E-state index in [0.717, 1.165) is 18.7 Å². The zero-order valence-electron chi connectivity index (χ0n) is 12.3. The quantitative estimate of drug-likeness (QED) is 0.837. The molecule has 112 valence electrons. The molecular formula is C14H19N5O2. The summed E-state index contributed by atoms with van der Waals surface area (Å²) >= 11 is 0. The molecule has 7 heteroatoms. The summed E-state index contributed by atoms with van der Waals surface area (Å²) in [5.74, 6) is 0.0715. The van der Waals surface area contributed by atoms with E-state index in [0.29, 0.717) is 18.8 Å². The number of hydrogen-bond donors (Lipinski definition) is 0. The number of carbonyl (C=O) groups excluding carboxylic acids is 1. The summed E-state index contributed by atoms with van der Waals surface area (Å²) in [5, 5.41) is 8.20. The first kappa shape index (κ1) is 13.8. The highest BCUT2D eigenvalue weighted by atomic mass is 16.5. The number of ether oxygens (including phenoxy) is 1. The van der Waals surface area contributed by atoms with Crippen molar-refractivity contribution in [2.24, 2.45) is 7.05 Å². The average molecular weight is 289 g/mol. The minimum atomic E-state index is 0.0715. The van der Waals surface area contributed by atoms with Crippen LogP contribution in [0, 0.1) is 0 Å². The van der Waals surface area contributed by atoms with Gasteiger partial charge in [0.25, 0.3) is 5.91 Å². The smallest absolute Gasteiger partial charge is 0.270 e. The largest absolute Gasteiger partial charge is 0.378 e. The summed E-state index contributed by atoms with van der Waals surface area (Å²) in [6.45, 7) is 1.87. The van der Waals surface area contributed by atoms with Gasteiger partial charge in [0.2, 0.25) is 0 Å². The van der Waals surface area contributed by atoms with E-state index in [2.05, 4.69) is 10.3 Å². The maximum Gasteiger partial charge on any atom is 0.270 e. The van der Waals surface area contributed by atoms with E-state index < -0.39 is 0 Å². The standard InChI is InChI=1S/C14H19N5O2/c1-17-6-3-4-13(17)14(20)18-7-5-12(9-18)19-8-11(10-21-2)15-16-19/h3-4,6,8,12H,5,7,9-10H2,1-2H3. The van der Waals surface area contributed by atoms with Crippen LogP contribution in [0.15, 0.2) is 24.5 Å². The molecule has 7 nitrogen and oxygen atoms in total. The molecule has 0 saturated carbocycles. The Morgan fingerprint density at radius 1 is 1.52 bits per heavy atom. The lowest BCUT2D eigenvalue weighted by Crippen LogP contribution is -2.30. The molecule has 1 amide bonds. The van der Waals surface area contributed by atoms with Crippen LogP contribution in [-0.4, -0.2) is 50.6 Å². The van der Waals surface area contributed by atoms with Crippen molar-refractivity contribution in [1.82, 2.24) is 24.5 Å². The molecule has 0 aliphatic carbocycles. The van der Waals surface area contributed by atoms with Crippen LogP contribution in [0.4, 0.5) is 0 Å². The molecule has 2 aromatic heterocycles. The van der Waals surface area contributed by atoms with Crippen molar-refractivity contribution >= 4 is 5.91 Å². The molecule has 1 unspecified atom stereocenters. The van der Waals surface area contributed by atoms with Crippen molar-refractivity contribution in [2.75, 3.05) is 20.2 Å². The Hall–Kier alpha value is -2.15. The molecule has 21 heavy (non-hydrogen) atoms. The second-order valence-electron chi connectivity index (χ2n) is 5.32. The third kappa shape index (κ3) is 2.69. The normalized spacial score (nSPS) is 18.4. The Morgan fingerprint density at radius 2 is 2.38 bits per heavy atom. The number of nitrogens with zero attached hydrogens (tertiary/aromatic N) is 5. The molecule has 1 aliphatic rings. The molecule has 0 radical (unpaired) electrons. The Morgan fingerprint density at radius 3 is 3.10 bits per heavy atom.